The molecule has 0 bridgehead atoms. The molecule has 0 atom stereocenters. The van der Waals surface area contributed by atoms with E-state index < -0.39 is 0 Å². The minimum atomic E-state index is 0.0210. The summed E-state index contributed by atoms with van der Waals surface area (Å²) in [5.41, 5.74) is 2.47. The van der Waals surface area contributed by atoms with E-state index in [0.717, 1.165) is 31.5 Å². The van der Waals surface area contributed by atoms with Crippen LogP contribution in [0.4, 0.5) is 5.69 Å². The molecule has 2 aromatic carbocycles. The van der Waals surface area contributed by atoms with Crippen molar-refractivity contribution in [2.45, 2.75) is 16.7 Å². The van der Waals surface area contributed by atoms with Gasteiger partial charge in [-0.05, 0) is 54.8 Å². The maximum Gasteiger partial charge on any atom is 0.259 e. The van der Waals surface area contributed by atoms with Crippen LogP contribution >= 0.6 is 23.1 Å². The third kappa shape index (κ3) is 3.46. The molecule has 30 heavy (non-hydrogen) atoms. The van der Waals surface area contributed by atoms with E-state index in [1.54, 1.807) is 23.1 Å². The van der Waals surface area contributed by atoms with Gasteiger partial charge in [0.05, 0.1) is 11.3 Å². The van der Waals surface area contributed by atoms with E-state index in [9.17, 15) is 4.79 Å². The molecule has 4 aromatic rings. The number of carbonyl (C=O) groups excluding carboxylic acids is 1. The average molecular weight is 432 g/mol. The van der Waals surface area contributed by atoms with Gasteiger partial charge < -0.3 is 9.42 Å². The Morgan fingerprint density at radius 3 is 2.80 bits per heavy atom. The number of rotatable bonds is 4. The molecule has 148 valence electrons. The molecule has 3 heterocycles. The van der Waals surface area contributed by atoms with Crippen LogP contribution in [-0.4, -0.2) is 22.6 Å². The van der Waals surface area contributed by atoms with Crippen molar-refractivity contribution >= 4 is 46.8 Å². The normalized spacial score (nSPS) is 13.4. The van der Waals surface area contributed by atoms with Crippen molar-refractivity contribution in [2.24, 2.45) is 0 Å². The maximum absolute atomic E-state index is 13.0. The monoisotopic (exact) mass is 431 g/mol. The number of anilines is 1. The van der Waals surface area contributed by atoms with Crippen molar-refractivity contribution in [1.82, 2.24) is 10.1 Å². The Labute approximate surface area is 182 Å². The van der Waals surface area contributed by atoms with Gasteiger partial charge in [0, 0.05) is 32.9 Å². The standard InChI is InChI=1S/C23H17N3O2S2/c1-2-26-18-11-9-15(14-20(18)30-19-8-4-3-7-17(19)23(26)27)22-24-21(28-25-22)12-10-16-6-5-13-29-16/h3-14H,2H2,1H3/b12-10+. The SMILES string of the molecule is CCN1C(=O)c2ccccc2Sc2cc(-c3noc(/C=C/c4cccs4)n3)ccc21. The summed E-state index contributed by atoms with van der Waals surface area (Å²) in [5, 5.41) is 6.16. The lowest BCUT2D eigenvalue weighted by molar-refractivity contribution is 0.0985. The Hall–Kier alpha value is -3.16. The lowest BCUT2D eigenvalue weighted by atomic mass is 10.1. The van der Waals surface area contributed by atoms with Crippen LogP contribution in [0.15, 0.2) is 74.3 Å². The van der Waals surface area contributed by atoms with Gasteiger partial charge >= 0.3 is 0 Å². The first-order chi connectivity index (χ1) is 14.7. The summed E-state index contributed by atoms with van der Waals surface area (Å²) in [4.78, 5) is 22.4. The van der Waals surface area contributed by atoms with Crippen LogP contribution in [-0.2, 0) is 0 Å². The summed E-state index contributed by atoms with van der Waals surface area (Å²) in [6.07, 6.45) is 3.77. The molecule has 1 amide bonds. The predicted molar refractivity (Wildman–Crippen MR) is 121 cm³/mol. The molecule has 2 aromatic heterocycles. The number of benzene rings is 2. The fourth-order valence-corrected chi connectivity index (χ4v) is 5.07. The van der Waals surface area contributed by atoms with Gasteiger partial charge in [0.25, 0.3) is 11.8 Å². The largest absolute Gasteiger partial charge is 0.334 e. The van der Waals surface area contributed by atoms with Crippen LogP contribution in [0.25, 0.3) is 23.5 Å². The quantitative estimate of drug-likeness (QED) is 0.391. The van der Waals surface area contributed by atoms with Gasteiger partial charge in [-0.3, -0.25) is 4.79 Å². The highest BCUT2D eigenvalue weighted by Crippen LogP contribution is 2.42. The lowest BCUT2D eigenvalue weighted by Gasteiger charge is -2.21. The third-order valence-electron chi connectivity index (χ3n) is 4.78. The Balaban J connectivity index is 1.50. The summed E-state index contributed by atoms with van der Waals surface area (Å²) < 4.78 is 5.39. The Kier molecular flexibility index (Phi) is 4.98. The Morgan fingerprint density at radius 1 is 1.07 bits per heavy atom. The summed E-state index contributed by atoms with van der Waals surface area (Å²) in [6, 6.07) is 17.7. The summed E-state index contributed by atoms with van der Waals surface area (Å²) in [6.45, 7) is 2.58. The Morgan fingerprint density at radius 2 is 1.97 bits per heavy atom. The molecular weight excluding hydrogens is 414 g/mol. The van der Waals surface area contributed by atoms with Crippen LogP contribution < -0.4 is 4.90 Å². The highest BCUT2D eigenvalue weighted by molar-refractivity contribution is 7.99. The molecule has 1 aliphatic rings. The summed E-state index contributed by atoms with van der Waals surface area (Å²) >= 11 is 3.24. The van der Waals surface area contributed by atoms with Crippen molar-refractivity contribution in [3.8, 4) is 11.4 Å². The molecule has 0 saturated carbocycles. The zero-order chi connectivity index (χ0) is 20.5. The molecule has 0 fully saturated rings. The van der Waals surface area contributed by atoms with Gasteiger partial charge in [-0.15, -0.1) is 11.3 Å². The molecule has 0 aliphatic carbocycles. The second kappa shape index (κ2) is 7.93. The van der Waals surface area contributed by atoms with E-state index in [0.29, 0.717) is 18.3 Å². The van der Waals surface area contributed by atoms with E-state index >= 15 is 0 Å². The molecule has 0 unspecified atom stereocenters. The molecule has 0 spiro atoms. The van der Waals surface area contributed by atoms with Crippen LogP contribution in [0.2, 0.25) is 0 Å². The molecule has 0 N–H and O–H groups in total. The van der Waals surface area contributed by atoms with Crippen molar-refractivity contribution < 1.29 is 9.32 Å². The fourth-order valence-electron chi connectivity index (χ4n) is 3.34. The van der Waals surface area contributed by atoms with Gasteiger partial charge in [0.2, 0.25) is 5.82 Å². The molecule has 7 heteroatoms. The van der Waals surface area contributed by atoms with E-state index in [4.69, 9.17) is 4.52 Å². The number of aromatic nitrogens is 2. The van der Waals surface area contributed by atoms with Gasteiger partial charge in [-0.1, -0.05) is 35.1 Å². The zero-order valence-electron chi connectivity index (χ0n) is 16.1. The van der Waals surface area contributed by atoms with E-state index in [2.05, 4.69) is 10.1 Å². The van der Waals surface area contributed by atoms with Crippen molar-refractivity contribution in [3.63, 3.8) is 0 Å². The molecule has 5 nitrogen and oxygen atoms in total. The molecule has 0 saturated heterocycles. The number of hydrogen-bond acceptors (Lipinski definition) is 6. The van der Waals surface area contributed by atoms with Gasteiger partial charge in [0.1, 0.15) is 0 Å². The summed E-state index contributed by atoms with van der Waals surface area (Å²) in [7, 11) is 0. The van der Waals surface area contributed by atoms with Crippen molar-refractivity contribution in [2.75, 3.05) is 11.4 Å². The van der Waals surface area contributed by atoms with E-state index in [1.165, 1.54) is 0 Å². The van der Waals surface area contributed by atoms with Gasteiger partial charge in [-0.25, -0.2) is 0 Å². The van der Waals surface area contributed by atoms with E-state index in [1.807, 2.05) is 84.0 Å². The van der Waals surface area contributed by atoms with Crippen molar-refractivity contribution in [3.05, 3.63) is 76.3 Å². The Bertz CT molecular complexity index is 1250. The van der Waals surface area contributed by atoms with Gasteiger partial charge in [0.15, 0.2) is 0 Å². The van der Waals surface area contributed by atoms with Gasteiger partial charge in [-0.2, -0.15) is 4.98 Å². The molecule has 1 aliphatic heterocycles. The number of fused-ring (bicyclic) bond motifs is 2. The highest BCUT2D eigenvalue weighted by Gasteiger charge is 2.26. The first-order valence-corrected chi connectivity index (χ1v) is 11.2. The molecule has 5 rings (SSSR count). The number of thiophene rings is 1. The fraction of sp³-hybridized carbons (Fsp3) is 0.0870. The highest BCUT2D eigenvalue weighted by atomic mass is 32.2. The van der Waals surface area contributed by atoms with Crippen LogP contribution in [0.3, 0.4) is 0 Å². The molecule has 0 radical (unpaired) electrons. The minimum absolute atomic E-state index is 0.0210. The second-order valence-corrected chi connectivity index (χ2v) is 8.70. The number of nitrogens with zero attached hydrogens (tertiary/aromatic N) is 3. The minimum Gasteiger partial charge on any atom is -0.334 e. The number of hydrogen-bond donors (Lipinski definition) is 0. The smallest absolute Gasteiger partial charge is 0.259 e. The van der Waals surface area contributed by atoms with Crippen LogP contribution in [0.1, 0.15) is 28.0 Å². The lowest BCUT2D eigenvalue weighted by Crippen LogP contribution is -2.30. The first-order valence-electron chi connectivity index (χ1n) is 9.51. The zero-order valence-corrected chi connectivity index (χ0v) is 17.7. The topological polar surface area (TPSA) is 59.2 Å². The van der Waals surface area contributed by atoms with E-state index in [-0.39, 0.29) is 5.91 Å². The first kappa shape index (κ1) is 18.8. The average Bonchev–Trinajstić information content (AvgIpc) is 3.44. The number of carbonyl (C=O) groups is 1. The van der Waals surface area contributed by atoms with Crippen molar-refractivity contribution in [1.29, 1.82) is 0 Å². The molecular formula is C23H17N3O2S2. The second-order valence-electron chi connectivity index (χ2n) is 6.64. The predicted octanol–water partition coefficient (Wildman–Crippen LogP) is 6.10. The summed E-state index contributed by atoms with van der Waals surface area (Å²) in [5.74, 6) is 1.00. The maximum atomic E-state index is 13.0. The third-order valence-corrected chi connectivity index (χ3v) is 6.74. The van der Waals surface area contributed by atoms with Crippen LogP contribution in [0.5, 0.6) is 0 Å². The van der Waals surface area contributed by atoms with Crippen LogP contribution in [0, 0.1) is 0 Å². The number of amides is 1.